The van der Waals surface area contributed by atoms with Gasteiger partial charge in [-0.05, 0) is 22.8 Å². The molecular weight excluding hydrogens is 284 g/mol. The Hall–Kier alpha value is -3.28. The standard InChI is InChI=1S/C16H8N2O4/c19-17(20)13-8-14(18(21)22)16-11-5-2-1-4-9(11)10-6-3-7-12(13)15(10)16/h1-8H. The van der Waals surface area contributed by atoms with E-state index in [1.807, 2.05) is 30.3 Å². The summed E-state index contributed by atoms with van der Waals surface area (Å²) in [5.41, 5.74) is 2.42. The molecule has 106 valence electrons. The molecule has 0 fully saturated rings. The lowest BCUT2D eigenvalue weighted by atomic mass is 10.00. The van der Waals surface area contributed by atoms with Gasteiger partial charge in [0, 0.05) is 5.39 Å². The second kappa shape index (κ2) is 4.11. The first-order valence-electron chi connectivity index (χ1n) is 6.58. The summed E-state index contributed by atoms with van der Waals surface area (Å²) in [5, 5.41) is 23.7. The highest BCUT2D eigenvalue weighted by Gasteiger charge is 2.32. The highest BCUT2D eigenvalue weighted by molar-refractivity contribution is 6.20. The van der Waals surface area contributed by atoms with Crippen LogP contribution < -0.4 is 0 Å². The van der Waals surface area contributed by atoms with E-state index < -0.39 is 9.85 Å². The van der Waals surface area contributed by atoms with Crippen LogP contribution in [-0.2, 0) is 0 Å². The lowest BCUT2D eigenvalue weighted by Gasteiger charge is -2.04. The highest BCUT2D eigenvalue weighted by Crippen LogP contribution is 2.52. The van der Waals surface area contributed by atoms with Crippen molar-refractivity contribution in [2.45, 2.75) is 0 Å². The number of fused-ring (bicyclic) bond motifs is 3. The van der Waals surface area contributed by atoms with E-state index in [0.717, 1.165) is 22.8 Å². The Morgan fingerprint density at radius 1 is 0.727 bits per heavy atom. The summed E-state index contributed by atoms with van der Waals surface area (Å²) in [6, 6.07) is 13.6. The van der Waals surface area contributed by atoms with Gasteiger partial charge in [-0.3, -0.25) is 20.2 Å². The molecular formula is C16H8N2O4. The molecule has 6 heteroatoms. The molecule has 3 aromatic carbocycles. The fourth-order valence-electron chi connectivity index (χ4n) is 3.17. The van der Waals surface area contributed by atoms with E-state index in [1.165, 1.54) is 0 Å². The first-order chi connectivity index (χ1) is 10.6. The normalized spacial score (nSPS) is 11.5. The second-order valence-electron chi connectivity index (χ2n) is 5.08. The number of rotatable bonds is 2. The third-order valence-corrected chi connectivity index (χ3v) is 4.00. The quantitative estimate of drug-likeness (QED) is 0.407. The molecule has 3 aromatic rings. The first-order valence-corrected chi connectivity index (χ1v) is 6.58. The fourth-order valence-corrected chi connectivity index (χ4v) is 3.17. The molecule has 4 rings (SSSR count). The zero-order valence-corrected chi connectivity index (χ0v) is 11.1. The average Bonchev–Trinajstić information content (AvgIpc) is 2.84. The molecule has 0 amide bonds. The van der Waals surface area contributed by atoms with Crippen LogP contribution in [0, 0.1) is 20.2 Å². The topological polar surface area (TPSA) is 86.3 Å². The van der Waals surface area contributed by atoms with Crippen LogP contribution in [0.3, 0.4) is 0 Å². The Balaban J connectivity index is 2.29. The molecule has 22 heavy (non-hydrogen) atoms. The van der Waals surface area contributed by atoms with Gasteiger partial charge in [0.2, 0.25) is 0 Å². The molecule has 0 radical (unpaired) electrons. The van der Waals surface area contributed by atoms with E-state index >= 15 is 0 Å². The molecule has 0 heterocycles. The molecule has 1 aliphatic rings. The lowest BCUT2D eigenvalue weighted by molar-refractivity contribution is -0.392. The number of benzene rings is 3. The van der Waals surface area contributed by atoms with Gasteiger partial charge in [0.1, 0.15) is 0 Å². The van der Waals surface area contributed by atoms with Crippen molar-refractivity contribution in [2.75, 3.05) is 0 Å². The molecule has 6 nitrogen and oxygen atoms in total. The van der Waals surface area contributed by atoms with Crippen molar-refractivity contribution >= 4 is 22.1 Å². The lowest BCUT2D eigenvalue weighted by Crippen LogP contribution is -1.96. The fraction of sp³-hybridized carbons (Fsp3) is 0. The maximum atomic E-state index is 11.4. The van der Waals surface area contributed by atoms with Gasteiger partial charge in [-0.2, -0.15) is 0 Å². The van der Waals surface area contributed by atoms with Crippen molar-refractivity contribution in [3.63, 3.8) is 0 Å². The summed E-state index contributed by atoms with van der Waals surface area (Å²) in [5.74, 6) is 0. The molecule has 0 saturated heterocycles. The maximum absolute atomic E-state index is 11.4. The van der Waals surface area contributed by atoms with E-state index in [9.17, 15) is 20.2 Å². The summed E-state index contributed by atoms with van der Waals surface area (Å²) in [7, 11) is 0. The van der Waals surface area contributed by atoms with Gasteiger partial charge in [0.25, 0.3) is 11.4 Å². The number of hydrogen-bond acceptors (Lipinski definition) is 4. The third-order valence-electron chi connectivity index (χ3n) is 4.00. The monoisotopic (exact) mass is 292 g/mol. The SMILES string of the molecule is O=[N+]([O-])c1cc([N+](=O)[O-])c2cccc3c2c1-c1ccccc1-3. The van der Waals surface area contributed by atoms with Gasteiger partial charge >= 0.3 is 0 Å². The van der Waals surface area contributed by atoms with Crippen LogP contribution in [-0.4, -0.2) is 9.85 Å². The van der Waals surface area contributed by atoms with Gasteiger partial charge in [-0.25, -0.2) is 0 Å². The molecule has 0 aromatic heterocycles. The largest absolute Gasteiger partial charge is 0.284 e. The molecule has 0 aliphatic heterocycles. The van der Waals surface area contributed by atoms with Gasteiger partial charge in [-0.1, -0.05) is 36.4 Å². The van der Waals surface area contributed by atoms with Crippen molar-refractivity contribution in [1.82, 2.24) is 0 Å². The zero-order chi connectivity index (χ0) is 15.4. The molecule has 0 spiro atoms. The van der Waals surface area contributed by atoms with E-state index in [0.29, 0.717) is 16.3 Å². The van der Waals surface area contributed by atoms with Crippen LogP contribution in [0.25, 0.3) is 33.0 Å². The van der Waals surface area contributed by atoms with Crippen LogP contribution in [0.15, 0.2) is 48.5 Å². The smallest absolute Gasteiger partial charge is 0.258 e. The van der Waals surface area contributed by atoms with Crippen molar-refractivity contribution < 1.29 is 9.85 Å². The van der Waals surface area contributed by atoms with E-state index in [-0.39, 0.29) is 11.4 Å². The predicted octanol–water partition coefficient (Wildman–Crippen LogP) is 4.30. The number of nitro groups is 2. The van der Waals surface area contributed by atoms with Crippen LogP contribution >= 0.6 is 0 Å². The highest BCUT2D eigenvalue weighted by atomic mass is 16.6. The van der Waals surface area contributed by atoms with Crippen molar-refractivity contribution in [3.05, 3.63) is 68.8 Å². The van der Waals surface area contributed by atoms with Crippen LogP contribution in [0.4, 0.5) is 11.4 Å². The summed E-state index contributed by atoms with van der Waals surface area (Å²) in [4.78, 5) is 21.6. The zero-order valence-electron chi connectivity index (χ0n) is 11.1. The average molecular weight is 292 g/mol. The summed E-state index contributed by atoms with van der Waals surface area (Å²) in [6.07, 6.45) is 0. The summed E-state index contributed by atoms with van der Waals surface area (Å²) >= 11 is 0. The minimum Gasteiger partial charge on any atom is -0.258 e. The van der Waals surface area contributed by atoms with Gasteiger partial charge in [-0.15, -0.1) is 0 Å². The number of nitro benzene ring substituents is 2. The van der Waals surface area contributed by atoms with Gasteiger partial charge in [0.15, 0.2) is 0 Å². The first kappa shape index (κ1) is 12.5. The molecule has 0 N–H and O–H groups in total. The molecule has 0 atom stereocenters. The minimum absolute atomic E-state index is 0.225. The van der Waals surface area contributed by atoms with Crippen LogP contribution in [0.1, 0.15) is 0 Å². The summed E-state index contributed by atoms with van der Waals surface area (Å²) < 4.78 is 0. The Labute approximate surface area is 123 Å². The molecule has 0 unspecified atom stereocenters. The van der Waals surface area contributed by atoms with Crippen LogP contribution in [0.5, 0.6) is 0 Å². The number of nitrogens with zero attached hydrogens (tertiary/aromatic N) is 2. The third kappa shape index (κ3) is 1.43. The Kier molecular flexibility index (Phi) is 2.33. The minimum atomic E-state index is -0.571. The van der Waals surface area contributed by atoms with E-state index in [1.54, 1.807) is 12.1 Å². The Morgan fingerprint density at radius 2 is 1.36 bits per heavy atom. The Morgan fingerprint density at radius 3 is 2.05 bits per heavy atom. The molecule has 1 aliphatic carbocycles. The Bertz CT molecular complexity index is 995. The maximum Gasteiger partial charge on any atom is 0.284 e. The summed E-state index contributed by atoms with van der Waals surface area (Å²) in [6.45, 7) is 0. The van der Waals surface area contributed by atoms with Crippen molar-refractivity contribution in [2.24, 2.45) is 0 Å². The molecule has 0 saturated carbocycles. The van der Waals surface area contributed by atoms with Gasteiger partial charge < -0.3 is 0 Å². The van der Waals surface area contributed by atoms with Crippen molar-refractivity contribution in [1.29, 1.82) is 0 Å². The van der Waals surface area contributed by atoms with Crippen molar-refractivity contribution in [3.8, 4) is 22.3 Å². The van der Waals surface area contributed by atoms with Gasteiger partial charge in [0.05, 0.1) is 26.9 Å². The van der Waals surface area contributed by atoms with Crippen LogP contribution in [0.2, 0.25) is 0 Å². The predicted molar refractivity (Wildman–Crippen MR) is 81.7 cm³/mol. The molecule has 0 bridgehead atoms. The number of non-ortho nitro benzene ring substituents is 1. The van der Waals surface area contributed by atoms with E-state index in [4.69, 9.17) is 0 Å². The number of hydrogen-bond donors (Lipinski definition) is 0. The second-order valence-corrected chi connectivity index (χ2v) is 5.08. The van der Waals surface area contributed by atoms with E-state index in [2.05, 4.69) is 0 Å².